The highest BCUT2D eigenvalue weighted by Crippen LogP contribution is 2.38. The molecule has 0 saturated carbocycles. The largest absolute Gasteiger partial charge is 0.375 e. The number of nitrogens with zero attached hydrogens (tertiary/aromatic N) is 2. The molecule has 6 heteroatoms. The van der Waals surface area contributed by atoms with Crippen molar-refractivity contribution >= 4 is 12.0 Å². The summed E-state index contributed by atoms with van der Waals surface area (Å²) in [6.07, 6.45) is 1.69. The van der Waals surface area contributed by atoms with Crippen molar-refractivity contribution in [2.45, 2.75) is 26.1 Å². The molecule has 0 amide bonds. The predicted molar refractivity (Wildman–Crippen MR) is 101 cm³/mol. The van der Waals surface area contributed by atoms with E-state index in [1.807, 2.05) is 25.8 Å². The van der Waals surface area contributed by atoms with E-state index in [0.29, 0.717) is 11.3 Å². The Hall–Kier alpha value is -2.31. The lowest BCUT2D eigenvalue weighted by atomic mass is 9.89. The zero-order chi connectivity index (χ0) is 19.4. The minimum absolute atomic E-state index is 0.253. The van der Waals surface area contributed by atoms with Crippen LogP contribution >= 0.6 is 0 Å². The van der Waals surface area contributed by atoms with E-state index >= 15 is 0 Å². The van der Waals surface area contributed by atoms with Crippen molar-refractivity contribution in [1.82, 2.24) is 4.90 Å². The molecule has 0 N–H and O–H groups in total. The third-order valence-electron chi connectivity index (χ3n) is 4.77. The monoisotopic (exact) mass is 374 g/mol. The van der Waals surface area contributed by atoms with Crippen LogP contribution in [0.25, 0.3) is 0 Å². The molecule has 0 bridgehead atoms. The highest BCUT2D eigenvalue weighted by Gasteiger charge is 2.44. The molecule has 4 nitrogen and oxygen atoms in total. The Balaban J connectivity index is 1.81. The molecule has 2 aromatic rings. The number of aliphatic imine (C=N–C) groups is 1. The van der Waals surface area contributed by atoms with Gasteiger partial charge < -0.3 is 14.4 Å². The van der Waals surface area contributed by atoms with Gasteiger partial charge in [-0.3, -0.25) is 0 Å². The molecule has 1 fully saturated rings. The lowest BCUT2D eigenvalue weighted by Gasteiger charge is -2.42. The number of hydrogen-bond acceptors (Lipinski definition) is 3. The molecule has 0 unspecified atom stereocenters. The highest BCUT2D eigenvalue weighted by atomic mass is 19.1. The second-order valence-electron chi connectivity index (χ2n) is 6.84. The van der Waals surface area contributed by atoms with Crippen LogP contribution in [0.4, 0.5) is 14.5 Å². The fourth-order valence-corrected chi connectivity index (χ4v) is 2.81. The summed E-state index contributed by atoms with van der Waals surface area (Å²) in [7, 11) is 1.91. The molecule has 1 saturated heterocycles. The Morgan fingerprint density at radius 2 is 1.93 bits per heavy atom. The Kier molecular flexibility index (Phi) is 5.87. The molecule has 2 aromatic carbocycles. The standard InChI is InChI=1S/C21H24F2N2O2/c1-4-25(3)14-24-20-10-19(23)18(9-15(20)2)21(12-26-13-21)27-11-16-5-7-17(22)8-6-16/h5-10,14H,4,11-13H2,1-3H3. The molecule has 3 rings (SSSR count). The Labute approximate surface area is 158 Å². The number of halogens is 2. The van der Waals surface area contributed by atoms with Gasteiger partial charge >= 0.3 is 0 Å². The van der Waals surface area contributed by atoms with Gasteiger partial charge in [-0.15, -0.1) is 0 Å². The summed E-state index contributed by atoms with van der Waals surface area (Å²) in [6, 6.07) is 9.30. The van der Waals surface area contributed by atoms with Crippen LogP contribution in [0.5, 0.6) is 0 Å². The lowest BCUT2D eigenvalue weighted by Crippen LogP contribution is -2.49. The van der Waals surface area contributed by atoms with E-state index in [2.05, 4.69) is 4.99 Å². The van der Waals surface area contributed by atoms with E-state index in [1.54, 1.807) is 24.5 Å². The van der Waals surface area contributed by atoms with Gasteiger partial charge in [-0.25, -0.2) is 13.8 Å². The quantitative estimate of drug-likeness (QED) is 0.534. The Bertz CT molecular complexity index is 818. The van der Waals surface area contributed by atoms with Crippen LogP contribution in [0, 0.1) is 18.6 Å². The summed E-state index contributed by atoms with van der Waals surface area (Å²) in [5, 5.41) is 0. The number of ether oxygens (including phenoxy) is 2. The third-order valence-corrected chi connectivity index (χ3v) is 4.77. The van der Waals surface area contributed by atoms with Crippen LogP contribution in [0.15, 0.2) is 41.4 Å². The minimum atomic E-state index is -0.828. The molecule has 0 atom stereocenters. The summed E-state index contributed by atoms with van der Waals surface area (Å²) in [5.74, 6) is -0.665. The normalized spacial score (nSPS) is 15.7. The van der Waals surface area contributed by atoms with Crippen molar-refractivity contribution in [3.63, 3.8) is 0 Å². The van der Waals surface area contributed by atoms with Crippen molar-refractivity contribution in [1.29, 1.82) is 0 Å². The van der Waals surface area contributed by atoms with Gasteiger partial charge in [-0.2, -0.15) is 0 Å². The summed E-state index contributed by atoms with van der Waals surface area (Å²) < 4.78 is 39.3. The van der Waals surface area contributed by atoms with Gasteiger partial charge in [0, 0.05) is 25.2 Å². The Morgan fingerprint density at radius 3 is 2.52 bits per heavy atom. The van der Waals surface area contributed by atoms with Crippen LogP contribution in [0.2, 0.25) is 0 Å². The number of benzene rings is 2. The van der Waals surface area contributed by atoms with Gasteiger partial charge in [0.25, 0.3) is 0 Å². The van der Waals surface area contributed by atoms with Gasteiger partial charge in [0.2, 0.25) is 0 Å². The molecule has 0 aliphatic carbocycles. The second-order valence-corrected chi connectivity index (χ2v) is 6.84. The van der Waals surface area contributed by atoms with E-state index < -0.39 is 5.60 Å². The van der Waals surface area contributed by atoms with Gasteiger partial charge in [0.05, 0.1) is 31.8 Å². The van der Waals surface area contributed by atoms with Crippen LogP contribution in [0.1, 0.15) is 23.6 Å². The van der Waals surface area contributed by atoms with Gasteiger partial charge in [0.15, 0.2) is 0 Å². The topological polar surface area (TPSA) is 34.1 Å². The first-order valence-electron chi connectivity index (χ1n) is 8.95. The zero-order valence-corrected chi connectivity index (χ0v) is 15.8. The van der Waals surface area contributed by atoms with E-state index in [1.165, 1.54) is 18.2 Å². The molecule has 144 valence electrons. The molecule has 0 radical (unpaired) electrons. The fraction of sp³-hybridized carbons (Fsp3) is 0.381. The van der Waals surface area contributed by atoms with Crippen LogP contribution in [-0.4, -0.2) is 38.0 Å². The van der Waals surface area contributed by atoms with Crippen molar-refractivity contribution in [3.8, 4) is 0 Å². The maximum Gasteiger partial charge on any atom is 0.143 e. The average Bonchev–Trinajstić information content (AvgIpc) is 2.63. The first-order chi connectivity index (χ1) is 12.9. The SMILES string of the molecule is CCN(C)C=Nc1cc(F)c(C2(OCc3ccc(F)cc3)COC2)cc1C. The van der Waals surface area contributed by atoms with E-state index in [0.717, 1.165) is 17.7 Å². The van der Waals surface area contributed by atoms with E-state index in [-0.39, 0.29) is 31.5 Å². The minimum Gasteiger partial charge on any atom is -0.375 e. The molecule has 1 aliphatic heterocycles. The fourth-order valence-electron chi connectivity index (χ4n) is 2.81. The van der Waals surface area contributed by atoms with Crippen LogP contribution < -0.4 is 0 Å². The summed E-state index contributed by atoms with van der Waals surface area (Å²) in [5.41, 5.74) is 1.92. The van der Waals surface area contributed by atoms with E-state index in [9.17, 15) is 8.78 Å². The molecular weight excluding hydrogens is 350 g/mol. The summed E-state index contributed by atoms with van der Waals surface area (Å²) in [4.78, 5) is 6.27. The zero-order valence-electron chi connectivity index (χ0n) is 15.8. The van der Waals surface area contributed by atoms with Crippen molar-refractivity contribution < 1.29 is 18.3 Å². The number of aryl methyl sites for hydroxylation is 1. The highest BCUT2D eigenvalue weighted by molar-refractivity contribution is 5.63. The van der Waals surface area contributed by atoms with Crippen LogP contribution in [-0.2, 0) is 21.7 Å². The van der Waals surface area contributed by atoms with Gasteiger partial charge in [0.1, 0.15) is 17.2 Å². The lowest BCUT2D eigenvalue weighted by molar-refractivity contribution is -0.224. The first-order valence-corrected chi connectivity index (χ1v) is 8.95. The van der Waals surface area contributed by atoms with Crippen molar-refractivity contribution in [2.24, 2.45) is 4.99 Å². The summed E-state index contributed by atoms with van der Waals surface area (Å²) >= 11 is 0. The molecular formula is C21H24F2N2O2. The Morgan fingerprint density at radius 1 is 1.22 bits per heavy atom. The second kappa shape index (κ2) is 8.15. The number of rotatable bonds is 7. The molecule has 27 heavy (non-hydrogen) atoms. The molecule has 0 aromatic heterocycles. The average molecular weight is 374 g/mol. The van der Waals surface area contributed by atoms with E-state index in [4.69, 9.17) is 9.47 Å². The van der Waals surface area contributed by atoms with Crippen molar-refractivity contribution in [3.05, 3.63) is 64.7 Å². The third kappa shape index (κ3) is 4.34. The first kappa shape index (κ1) is 19.5. The smallest absolute Gasteiger partial charge is 0.143 e. The van der Waals surface area contributed by atoms with Crippen LogP contribution in [0.3, 0.4) is 0 Å². The molecule has 0 spiro atoms. The predicted octanol–water partition coefficient (Wildman–Crippen LogP) is 4.33. The number of hydrogen-bond donors (Lipinski definition) is 0. The van der Waals surface area contributed by atoms with Gasteiger partial charge in [-0.05, 0) is 43.2 Å². The van der Waals surface area contributed by atoms with Crippen molar-refractivity contribution in [2.75, 3.05) is 26.8 Å². The maximum atomic E-state index is 14.9. The molecule has 1 aliphatic rings. The maximum absolute atomic E-state index is 14.9. The summed E-state index contributed by atoms with van der Waals surface area (Å²) in [6.45, 7) is 5.55. The molecule has 1 heterocycles. The van der Waals surface area contributed by atoms with Gasteiger partial charge in [-0.1, -0.05) is 12.1 Å².